The van der Waals surface area contributed by atoms with Crippen molar-refractivity contribution < 1.29 is 5.21 Å². The first-order valence-electron chi connectivity index (χ1n) is 7.18. The first-order valence-corrected chi connectivity index (χ1v) is 7.56. The highest BCUT2D eigenvalue weighted by Crippen LogP contribution is 2.31. The van der Waals surface area contributed by atoms with E-state index >= 15 is 0 Å². The minimum absolute atomic E-state index is 0.0834. The molecule has 0 unspecified atom stereocenters. The molecule has 1 aromatic rings. The monoisotopic (exact) mass is 295 g/mol. The van der Waals surface area contributed by atoms with Gasteiger partial charge in [-0.2, -0.15) is 0 Å². The molecule has 2 rings (SSSR count). The summed E-state index contributed by atoms with van der Waals surface area (Å²) in [6, 6.07) is 5.55. The number of benzene rings is 1. The van der Waals surface area contributed by atoms with Gasteiger partial charge >= 0.3 is 0 Å². The van der Waals surface area contributed by atoms with Crippen molar-refractivity contribution in [1.82, 2.24) is 0 Å². The maximum atomic E-state index is 8.69. The molecule has 3 N–H and O–H groups in total. The Morgan fingerprint density at radius 1 is 1.45 bits per heavy atom. The number of halogens is 1. The van der Waals surface area contributed by atoms with Gasteiger partial charge in [-0.25, -0.2) is 0 Å². The van der Waals surface area contributed by atoms with Crippen molar-refractivity contribution in [3.05, 3.63) is 28.8 Å². The van der Waals surface area contributed by atoms with Gasteiger partial charge in [0.1, 0.15) is 0 Å². The van der Waals surface area contributed by atoms with E-state index in [9.17, 15) is 0 Å². The second-order valence-electron chi connectivity index (χ2n) is 5.37. The van der Waals surface area contributed by atoms with Crippen LogP contribution < -0.4 is 10.6 Å². The number of hydrogen-bond donors (Lipinski definition) is 2. The van der Waals surface area contributed by atoms with Crippen molar-refractivity contribution >= 4 is 23.1 Å². The summed E-state index contributed by atoms with van der Waals surface area (Å²) in [5.74, 6) is 0.937. The number of rotatable bonds is 4. The number of anilines is 1. The lowest BCUT2D eigenvalue weighted by atomic mass is 9.92. The first kappa shape index (κ1) is 15.0. The highest BCUT2D eigenvalue weighted by Gasteiger charge is 2.20. The number of hydrogen-bond acceptors (Lipinski definition) is 3. The third-order valence-corrected chi connectivity index (χ3v) is 4.31. The Hall–Kier alpha value is -1.42. The van der Waals surface area contributed by atoms with Gasteiger partial charge in [0.05, 0.1) is 10.7 Å². The van der Waals surface area contributed by atoms with Gasteiger partial charge in [-0.1, -0.05) is 36.5 Å². The van der Waals surface area contributed by atoms with Gasteiger partial charge in [-0.3, -0.25) is 0 Å². The van der Waals surface area contributed by atoms with Gasteiger partial charge in [0, 0.05) is 18.7 Å². The zero-order valence-electron chi connectivity index (χ0n) is 11.8. The number of nitrogens with zero attached hydrogens (tertiary/aromatic N) is 2. The van der Waals surface area contributed by atoms with Crippen LogP contribution in [0, 0.1) is 5.92 Å². The molecule has 0 spiro atoms. The standard InChI is InChI=1S/C15H22ClN3O/c1-2-3-11-6-8-19(9-7-11)14-5-4-12(10-13(14)16)15(17)18-20/h4-5,10-11,20H,2-3,6-9H2,1H3,(H2,17,18). The molecule has 0 saturated carbocycles. The molecule has 1 aliphatic rings. The van der Waals surface area contributed by atoms with Gasteiger partial charge in [0.2, 0.25) is 0 Å². The van der Waals surface area contributed by atoms with Gasteiger partial charge in [0.15, 0.2) is 5.84 Å². The van der Waals surface area contributed by atoms with Crippen LogP contribution in [0.5, 0.6) is 0 Å². The molecule has 110 valence electrons. The molecule has 1 saturated heterocycles. The van der Waals surface area contributed by atoms with Crippen molar-refractivity contribution in [3.8, 4) is 0 Å². The fraction of sp³-hybridized carbons (Fsp3) is 0.533. The van der Waals surface area contributed by atoms with Crippen LogP contribution >= 0.6 is 11.6 Å². The Labute approximate surface area is 125 Å². The third-order valence-electron chi connectivity index (χ3n) is 4.00. The quantitative estimate of drug-likeness (QED) is 0.387. The fourth-order valence-corrected chi connectivity index (χ4v) is 3.15. The molecule has 0 amide bonds. The Morgan fingerprint density at radius 3 is 2.70 bits per heavy atom. The molecule has 1 aliphatic heterocycles. The molecule has 1 fully saturated rings. The second kappa shape index (κ2) is 6.84. The number of nitrogens with two attached hydrogens (primary N) is 1. The minimum Gasteiger partial charge on any atom is -0.409 e. The first-order chi connectivity index (χ1) is 9.65. The molecule has 0 aromatic heterocycles. The zero-order valence-corrected chi connectivity index (χ0v) is 12.6. The van der Waals surface area contributed by atoms with E-state index in [2.05, 4.69) is 17.0 Å². The van der Waals surface area contributed by atoms with E-state index in [1.807, 2.05) is 12.1 Å². The van der Waals surface area contributed by atoms with Gasteiger partial charge in [-0.15, -0.1) is 0 Å². The molecule has 1 aromatic carbocycles. The topological polar surface area (TPSA) is 61.8 Å². The fourth-order valence-electron chi connectivity index (χ4n) is 2.85. The van der Waals surface area contributed by atoms with E-state index in [-0.39, 0.29) is 5.84 Å². The molecular formula is C15H22ClN3O. The Morgan fingerprint density at radius 2 is 2.15 bits per heavy atom. The van der Waals surface area contributed by atoms with E-state index < -0.39 is 0 Å². The zero-order chi connectivity index (χ0) is 14.5. The molecule has 1 heterocycles. The number of amidine groups is 1. The summed E-state index contributed by atoms with van der Waals surface area (Å²) in [6.07, 6.45) is 5.04. The summed E-state index contributed by atoms with van der Waals surface area (Å²) in [5.41, 5.74) is 7.25. The molecule has 0 radical (unpaired) electrons. The molecule has 0 atom stereocenters. The molecule has 20 heavy (non-hydrogen) atoms. The largest absolute Gasteiger partial charge is 0.409 e. The summed E-state index contributed by atoms with van der Waals surface area (Å²) in [5, 5.41) is 12.3. The summed E-state index contributed by atoms with van der Waals surface area (Å²) in [7, 11) is 0. The Bertz CT molecular complexity index is 482. The lowest BCUT2D eigenvalue weighted by molar-refractivity contribution is 0.318. The number of oxime groups is 1. The lowest BCUT2D eigenvalue weighted by Crippen LogP contribution is -2.33. The normalized spacial score (nSPS) is 17.5. The van der Waals surface area contributed by atoms with E-state index in [0.717, 1.165) is 24.7 Å². The average molecular weight is 296 g/mol. The summed E-state index contributed by atoms with van der Waals surface area (Å²) in [4.78, 5) is 2.32. The predicted molar refractivity (Wildman–Crippen MR) is 83.8 cm³/mol. The maximum Gasteiger partial charge on any atom is 0.170 e. The molecular weight excluding hydrogens is 274 g/mol. The summed E-state index contributed by atoms with van der Waals surface area (Å²) < 4.78 is 0. The maximum absolute atomic E-state index is 8.69. The molecule has 0 aliphatic carbocycles. The van der Waals surface area contributed by atoms with E-state index in [0.29, 0.717) is 10.6 Å². The Balaban J connectivity index is 2.07. The third kappa shape index (κ3) is 3.37. The van der Waals surface area contributed by atoms with Crippen molar-refractivity contribution in [2.24, 2.45) is 16.8 Å². The van der Waals surface area contributed by atoms with Crippen molar-refractivity contribution in [2.75, 3.05) is 18.0 Å². The van der Waals surface area contributed by atoms with E-state index in [1.165, 1.54) is 25.7 Å². The predicted octanol–water partition coefficient (Wildman–Crippen LogP) is 3.45. The van der Waals surface area contributed by atoms with Crippen LogP contribution in [0.3, 0.4) is 0 Å². The molecule has 4 nitrogen and oxygen atoms in total. The SMILES string of the molecule is CCCC1CCN(c2ccc(C(N)=NO)cc2Cl)CC1. The second-order valence-corrected chi connectivity index (χ2v) is 5.78. The number of piperidine rings is 1. The van der Waals surface area contributed by atoms with Gasteiger partial charge in [0.25, 0.3) is 0 Å². The van der Waals surface area contributed by atoms with Crippen LogP contribution in [0.25, 0.3) is 0 Å². The van der Waals surface area contributed by atoms with Crippen molar-refractivity contribution in [1.29, 1.82) is 0 Å². The molecule has 0 bridgehead atoms. The average Bonchev–Trinajstić information content (AvgIpc) is 2.47. The highest BCUT2D eigenvalue weighted by atomic mass is 35.5. The summed E-state index contributed by atoms with van der Waals surface area (Å²) >= 11 is 6.33. The summed E-state index contributed by atoms with van der Waals surface area (Å²) in [6.45, 7) is 4.34. The van der Waals surface area contributed by atoms with Crippen LogP contribution in [-0.4, -0.2) is 24.1 Å². The smallest absolute Gasteiger partial charge is 0.170 e. The van der Waals surface area contributed by atoms with Crippen LogP contribution in [-0.2, 0) is 0 Å². The van der Waals surface area contributed by atoms with E-state index in [1.54, 1.807) is 6.07 Å². The van der Waals surface area contributed by atoms with Crippen LogP contribution in [0.4, 0.5) is 5.69 Å². The van der Waals surface area contributed by atoms with Gasteiger partial charge in [-0.05, 0) is 37.0 Å². The van der Waals surface area contributed by atoms with Crippen molar-refractivity contribution in [2.45, 2.75) is 32.6 Å². The van der Waals surface area contributed by atoms with Gasteiger partial charge < -0.3 is 15.8 Å². The van der Waals surface area contributed by atoms with Crippen LogP contribution in [0.15, 0.2) is 23.4 Å². The van der Waals surface area contributed by atoms with E-state index in [4.69, 9.17) is 22.5 Å². The lowest BCUT2D eigenvalue weighted by Gasteiger charge is -2.34. The van der Waals surface area contributed by atoms with Crippen molar-refractivity contribution in [3.63, 3.8) is 0 Å². The highest BCUT2D eigenvalue weighted by molar-refractivity contribution is 6.33. The van der Waals surface area contributed by atoms with Crippen LogP contribution in [0.1, 0.15) is 38.2 Å². The minimum atomic E-state index is 0.0834. The van der Waals surface area contributed by atoms with Crippen LogP contribution in [0.2, 0.25) is 5.02 Å². The molecule has 5 heteroatoms. The Kier molecular flexibility index (Phi) is 5.12.